The summed E-state index contributed by atoms with van der Waals surface area (Å²) in [6.45, 7) is 9.03. The van der Waals surface area contributed by atoms with Gasteiger partial charge in [0.1, 0.15) is 17.4 Å². The lowest BCUT2D eigenvalue weighted by atomic mass is 9.77. The molecule has 0 amide bonds. The average Bonchev–Trinajstić information content (AvgIpc) is 3.32. The molecule has 1 atom stereocenters. The van der Waals surface area contributed by atoms with E-state index in [9.17, 15) is 9.59 Å². The Labute approximate surface area is 192 Å². The standard InChI is InChI=1S/C23H30BFN4O4/c1-21(2)22(3,4)33-24(32-21)15-7-8-17(16(25)11-15)29-18(27-28-20(29)31)12-23(9-10-26-13-23)19(30)14-5-6-14/h7-8,11,14,26H,5-6,9-10,12-13H2,1-4H3,(H,28,31)/t23-/m0/s1. The van der Waals surface area contributed by atoms with Crippen LogP contribution in [0, 0.1) is 17.2 Å². The van der Waals surface area contributed by atoms with Crippen molar-refractivity contribution in [2.45, 2.75) is 64.6 Å². The number of nitrogens with zero attached hydrogens (tertiary/aromatic N) is 2. The van der Waals surface area contributed by atoms with Crippen molar-refractivity contribution in [3.05, 3.63) is 40.3 Å². The molecule has 0 bridgehead atoms. The van der Waals surface area contributed by atoms with Gasteiger partial charge in [-0.1, -0.05) is 6.07 Å². The van der Waals surface area contributed by atoms with Crippen LogP contribution in [0.4, 0.5) is 4.39 Å². The molecule has 5 rings (SSSR count). The maximum Gasteiger partial charge on any atom is 0.494 e. The molecule has 8 nitrogen and oxygen atoms in total. The van der Waals surface area contributed by atoms with Gasteiger partial charge in [0.2, 0.25) is 0 Å². The van der Waals surface area contributed by atoms with Gasteiger partial charge in [-0.2, -0.15) is 5.10 Å². The van der Waals surface area contributed by atoms with E-state index >= 15 is 4.39 Å². The van der Waals surface area contributed by atoms with Gasteiger partial charge in [-0.3, -0.25) is 4.79 Å². The topological polar surface area (TPSA) is 98.2 Å². The minimum atomic E-state index is -0.705. The van der Waals surface area contributed by atoms with Crippen LogP contribution in [0.25, 0.3) is 5.69 Å². The number of nitrogens with one attached hydrogen (secondary N) is 2. The number of benzene rings is 1. The zero-order chi connectivity index (χ0) is 23.6. The molecule has 10 heteroatoms. The van der Waals surface area contributed by atoms with Gasteiger partial charge in [0.25, 0.3) is 0 Å². The number of aromatic nitrogens is 3. The number of Topliss-reactive ketones (excluding diaryl/α,β-unsaturated/α-hetero) is 1. The number of rotatable bonds is 6. The van der Waals surface area contributed by atoms with Crippen molar-refractivity contribution in [3.8, 4) is 5.69 Å². The number of carbonyl (C=O) groups excluding carboxylic acids is 1. The first-order chi connectivity index (χ1) is 15.5. The van der Waals surface area contributed by atoms with Crippen molar-refractivity contribution in [3.63, 3.8) is 0 Å². The van der Waals surface area contributed by atoms with Crippen molar-refractivity contribution < 1.29 is 18.5 Å². The van der Waals surface area contributed by atoms with Crippen LogP contribution in [0.15, 0.2) is 23.0 Å². The maximum absolute atomic E-state index is 15.3. The largest absolute Gasteiger partial charge is 0.494 e. The molecule has 1 saturated carbocycles. The Morgan fingerprint density at radius 1 is 1.24 bits per heavy atom. The Balaban J connectivity index is 1.46. The molecule has 2 aliphatic heterocycles. The van der Waals surface area contributed by atoms with Gasteiger partial charge >= 0.3 is 12.8 Å². The number of ketones is 1. The minimum absolute atomic E-state index is 0.0870. The molecule has 0 unspecified atom stereocenters. The van der Waals surface area contributed by atoms with Crippen LogP contribution in [-0.4, -0.2) is 52.0 Å². The summed E-state index contributed by atoms with van der Waals surface area (Å²) in [5, 5.41) is 9.89. The average molecular weight is 456 g/mol. The molecular weight excluding hydrogens is 426 g/mol. The van der Waals surface area contributed by atoms with Gasteiger partial charge < -0.3 is 14.6 Å². The molecule has 2 saturated heterocycles. The van der Waals surface area contributed by atoms with E-state index in [-0.39, 0.29) is 23.8 Å². The molecule has 3 aliphatic rings. The van der Waals surface area contributed by atoms with Gasteiger partial charge in [-0.15, -0.1) is 0 Å². The van der Waals surface area contributed by atoms with Crippen LogP contribution in [-0.2, 0) is 20.5 Å². The van der Waals surface area contributed by atoms with E-state index in [1.165, 1.54) is 10.6 Å². The van der Waals surface area contributed by atoms with Crippen LogP contribution in [0.5, 0.6) is 0 Å². The Morgan fingerprint density at radius 3 is 2.52 bits per heavy atom. The minimum Gasteiger partial charge on any atom is -0.399 e. The number of carbonyl (C=O) groups is 1. The lowest BCUT2D eigenvalue weighted by Gasteiger charge is -2.32. The predicted octanol–water partition coefficient (Wildman–Crippen LogP) is 1.50. The van der Waals surface area contributed by atoms with Crippen LogP contribution in [0.2, 0.25) is 0 Å². The summed E-state index contributed by atoms with van der Waals surface area (Å²) in [4.78, 5) is 25.7. The van der Waals surface area contributed by atoms with Crippen molar-refractivity contribution >= 4 is 18.4 Å². The number of hydrogen-bond acceptors (Lipinski definition) is 6. The van der Waals surface area contributed by atoms with Crippen LogP contribution >= 0.6 is 0 Å². The van der Waals surface area contributed by atoms with Gasteiger partial charge in [0, 0.05) is 24.3 Å². The molecule has 2 aromatic rings. The normalized spacial score (nSPS) is 26.2. The van der Waals surface area contributed by atoms with Gasteiger partial charge in [0.05, 0.1) is 16.9 Å². The Kier molecular flexibility index (Phi) is 5.19. The number of halogens is 1. The van der Waals surface area contributed by atoms with E-state index < -0.39 is 35.2 Å². The molecule has 3 fully saturated rings. The highest BCUT2D eigenvalue weighted by Gasteiger charge is 2.52. The molecule has 0 spiro atoms. The highest BCUT2D eigenvalue weighted by atomic mass is 19.1. The summed E-state index contributed by atoms with van der Waals surface area (Å²) in [5.74, 6) is 0.102. The zero-order valence-corrected chi connectivity index (χ0v) is 19.5. The third kappa shape index (κ3) is 3.78. The highest BCUT2D eigenvalue weighted by Crippen LogP contribution is 2.42. The van der Waals surface area contributed by atoms with E-state index in [2.05, 4.69) is 15.5 Å². The van der Waals surface area contributed by atoms with E-state index in [1.807, 2.05) is 27.7 Å². The van der Waals surface area contributed by atoms with Crippen molar-refractivity contribution in [2.75, 3.05) is 13.1 Å². The second-order valence-electron chi connectivity index (χ2n) is 10.6. The summed E-state index contributed by atoms with van der Waals surface area (Å²) >= 11 is 0. The van der Waals surface area contributed by atoms with Gasteiger partial charge in [-0.05, 0) is 71.1 Å². The summed E-state index contributed by atoms with van der Waals surface area (Å²) in [6.07, 6.45) is 2.81. The Morgan fingerprint density at radius 2 is 1.94 bits per heavy atom. The van der Waals surface area contributed by atoms with Crippen LogP contribution in [0.3, 0.4) is 0 Å². The molecule has 2 N–H and O–H groups in total. The molecule has 1 aromatic carbocycles. The molecule has 1 aromatic heterocycles. The third-order valence-electron chi connectivity index (χ3n) is 7.69. The van der Waals surface area contributed by atoms with E-state index in [0.717, 1.165) is 19.4 Å². The third-order valence-corrected chi connectivity index (χ3v) is 7.69. The number of H-pyrrole nitrogens is 1. The monoisotopic (exact) mass is 456 g/mol. The van der Waals surface area contributed by atoms with Crippen molar-refractivity contribution in [2.24, 2.45) is 11.3 Å². The van der Waals surface area contributed by atoms with Crippen molar-refractivity contribution in [1.29, 1.82) is 0 Å². The molecule has 0 radical (unpaired) electrons. The van der Waals surface area contributed by atoms with E-state index in [4.69, 9.17) is 9.31 Å². The molecule has 3 heterocycles. The summed E-state index contributed by atoms with van der Waals surface area (Å²) in [7, 11) is -0.705. The van der Waals surface area contributed by atoms with Gasteiger partial charge in [-0.25, -0.2) is 18.9 Å². The maximum atomic E-state index is 15.3. The second kappa shape index (κ2) is 7.61. The molecule has 33 heavy (non-hydrogen) atoms. The van der Waals surface area contributed by atoms with E-state index in [0.29, 0.717) is 24.3 Å². The van der Waals surface area contributed by atoms with Gasteiger partial charge in [0.15, 0.2) is 0 Å². The quantitative estimate of drug-likeness (QED) is 0.640. The van der Waals surface area contributed by atoms with Crippen LogP contribution in [0.1, 0.15) is 52.8 Å². The summed E-state index contributed by atoms with van der Waals surface area (Å²) in [5.41, 5.74) is -1.60. The first kappa shape index (κ1) is 22.5. The van der Waals surface area contributed by atoms with Crippen molar-refractivity contribution in [1.82, 2.24) is 20.1 Å². The van der Waals surface area contributed by atoms with E-state index in [1.54, 1.807) is 12.1 Å². The fraction of sp³-hybridized carbons (Fsp3) is 0.609. The zero-order valence-electron chi connectivity index (χ0n) is 19.5. The Bertz CT molecular complexity index is 1130. The first-order valence-corrected chi connectivity index (χ1v) is 11.6. The Hall–Kier alpha value is -2.30. The first-order valence-electron chi connectivity index (χ1n) is 11.6. The summed E-state index contributed by atoms with van der Waals surface area (Å²) < 4.78 is 28.6. The molecule has 176 valence electrons. The number of aromatic amines is 1. The lowest BCUT2D eigenvalue weighted by molar-refractivity contribution is -0.129. The van der Waals surface area contributed by atoms with Crippen LogP contribution < -0.4 is 16.5 Å². The number of hydrogen-bond donors (Lipinski definition) is 2. The highest BCUT2D eigenvalue weighted by molar-refractivity contribution is 6.62. The summed E-state index contributed by atoms with van der Waals surface area (Å²) in [6, 6.07) is 4.58. The fourth-order valence-corrected chi connectivity index (χ4v) is 4.80. The molecular formula is C23H30BFN4O4. The smallest absolute Gasteiger partial charge is 0.399 e. The molecule has 1 aliphatic carbocycles. The fourth-order valence-electron chi connectivity index (χ4n) is 4.80. The lowest BCUT2D eigenvalue weighted by Crippen LogP contribution is -2.41. The predicted molar refractivity (Wildman–Crippen MR) is 121 cm³/mol. The second-order valence-corrected chi connectivity index (χ2v) is 10.6. The SMILES string of the molecule is CC1(C)OB(c2ccc(-n3c(C[C@@]4(C(=O)C5CC5)CCNC4)n[nH]c3=O)c(F)c2)OC1(C)C.